The van der Waals surface area contributed by atoms with Crippen LogP contribution in [0.25, 0.3) is 0 Å². The molecule has 0 aliphatic rings. The lowest BCUT2D eigenvalue weighted by atomic mass is 10.3. The Labute approximate surface area is 170 Å². The van der Waals surface area contributed by atoms with Gasteiger partial charge in [-0.2, -0.15) is 0 Å². The van der Waals surface area contributed by atoms with E-state index in [1.54, 1.807) is 32.6 Å². The van der Waals surface area contributed by atoms with Gasteiger partial charge in [-0.25, -0.2) is 4.99 Å². The van der Waals surface area contributed by atoms with Gasteiger partial charge < -0.3 is 18.9 Å². The Morgan fingerprint density at radius 2 is 1.34 bits per heavy atom. The summed E-state index contributed by atoms with van der Waals surface area (Å²) in [6.45, 7) is 1.87. The lowest BCUT2D eigenvalue weighted by Gasteiger charge is -2.13. The van der Waals surface area contributed by atoms with Crippen LogP contribution in [0.15, 0.2) is 95.7 Å². The van der Waals surface area contributed by atoms with E-state index in [1.807, 2.05) is 73.7 Å². The predicted molar refractivity (Wildman–Crippen MR) is 115 cm³/mol. The summed E-state index contributed by atoms with van der Waals surface area (Å²) < 4.78 is 22.7. The van der Waals surface area contributed by atoms with E-state index in [-0.39, 0.29) is 0 Å². The highest BCUT2D eigenvalue weighted by Gasteiger charge is 2.12. The molecule has 0 fully saturated rings. The Kier molecular flexibility index (Phi) is 6.90. The smallest absolute Gasteiger partial charge is 0.225 e. The van der Waals surface area contributed by atoms with Gasteiger partial charge in [0.15, 0.2) is 11.5 Å². The number of para-hydroxylation sites is 3. The summed E-state index contributed by atoms with van der Waals surface area (Å²) in [5, 5.41) is 0. The summed E-state index contributed by atoms with van der Waals surface area (Å²) in [6.07, 6.45) is 1.57. The minimum atomic E-state index is 0.427. The normalized spacial score (nSPS) is 11.7. The molecule has 0 saturated carbocycles. The molecule has 0 saturated heterocycles. The Bertz CT molecular complexity index is 960. The second kappa shape index (κ2) is 9.99. The fraction of sp³-hybridized carbons (Fsp3) is 0.125. The minimum absolute atomic E-state index is 0.427. The van der Waals surface area contributed by atoms with Crippen LogP contribution < -0.4 is 18.9 Å². The summed E-state index contributed by atoms with van der Waals surface area (Å²) >= 11 is 0. The first kappa shape index (κ1) is 20.0. The van der Waals surface area contributed by atoms with E-state index in [2.05, 4.69) is 4.99 Å². The molecule has 0 radical (unpaired) electrons. The van der Waals surface area contributed by atoms with E-state index in [9.17, 15) is 0 Å². The summed E-state index contributed by atoms with van der Waals surface area (Å²) in [6, 6.07) is 24.5. The van der Waals surface area contributed by atoms with Gasteiger partial charge in [-0.1, -0.05) is 42.5 Å². The van der Waals surface area contributed by atoms with Gasteiger partial charge in [0, 0.05) is 5.57 Å². The number of rotatable bonds is 7. The molecule has 5 heteroatoms. The highest BCUT2D eigenvalue weighted by molar-refractivity contribution is 5.96. The molecule has 3 aromatic rings. The number of ether oxygens (including phenoxy) is 4. The zero-order valence-electron chi connectivity index (χ0n) is 16.7. The molecule has 0 aliphatic carbocycles. The molecule has 3 rings (SSSR count). The van der Waals surface area contributed by atoms with Gasteiger partial charge in [-0.05, 0) is 43.3 Å². The van der Waals surface area contributed by atoms with Crippen LogP contribution in [-0.4, -0.2) is 20.1 Å². The van der Waals surface area contributed by atoms with Crippen LogP contribution in [0.2, 0.25) is 0 Å². The van der Waals surface area contributed by atoms with Crippen molar-refractivity contribution in [1.82, 2.24) is 0 Å². The zero-order chi connectivity index (χ0) is 20.5. The van der Waals surface area contributed by atoms with Crippen molar-refractivity contribution < 1.29 is 18.9 Å². The molecule has 5 nitrogen and oxygen atoms in total. The topological polar surface area (TPSA) is 49.3 Å². The summed E-state index contributed by atoms with van der Waals surface area (Å²) in [5.41, 5.74) is 1.48. The van der Waals surface area contributed by atoms with E-state index in [1.165, 1.54) is 0 Å². The molecule has 0 heterocycles. The summed E-state index contributed by atoms with van der Waals surface area (Å²) in [5.74, 6) is 2.73. The van der Waals surface area contributed by atoms with E-state index in [4.69, 9.17) is 18.9 Å². The molecule has 0 aromatic heterocycles. The van der Waals surface area contributed by atoms with Crippen molar-refractivity contribution >= 4 is 11.6 Å². The molecule has 3 aromatic carbocycles. The van der Waals surface area contributed by atoms with Gasteiger partial charge in [-0.3, -0.25) is 0 Å². The molecule has 0 aliphatic heterocycles. The molecule has 29 heavy (non-hydrogen) atoms. The SMILES string of the molecule is COc1cccc(OC)c1OC=C(C)/C(=N\c1ccccc1)Oc1ccccc1. The quantitative estimate of drug-likeness (QED) is 0.291. The maximum Gasteiger partial charge on any atom is 0.225 e. The highest BCUT2D eigenvalue weighted by atomic mass is 16.5. The van der Waals surface area contributed by atoms with Crippen LogP contribution in [0.3, 0.4) is 0 Å². The van der Waals surface area contributed by atoms with Crippen LogP contribution in [0.1, 0.15) is 6.92 Å². The van der Waals surface area contributed by atoms with Gasteiger partial charge in [0.25, 0.3) is 0 Å². The number of hydrogen-bond acceptors (Lipinski definition) is 5. The lowest BCUT2D eigenvalue weighted by molar-refractivity contribution is 0.344. The molecule has 0 atom stereocenters. The molecular weight excluding hydrogens is 366 g/mol. The predicted octanol–water partition coefficient (Wildman–Crippen LogP) is 5.80. The Morgan fingerprint density at radius 3 is 1.93 bits per heavy atom. The fourth-order valence-corrected chi connectivity index (χ4v) is 2.54. The van der Waals surface area contributed by atoms with E-state index < -0.39 is 0 Å². The van der Waals surface area contributed by atoms with Crippen LogP contribution >= 0.6 is 0 Å². The number of benzene rings is 3. The molecule has 148 valence electrons. The highest BCUT2D eigenvalue weighted by Crippen LogP contribution is 2.37. The first-order valence-corrected chi connectivity index (χ1v) is 9.12. The Balaban J connectivity index is 1.92. The zero-order valence-corrected chi connectivity index (χ0v) is 16.7. The second-order valence-corrected chi connectivity index (χ2v) is 6.08. The van der Waals surface area contributed by atoms with Gasteiger partial charge in [0.2, 0.25) is 11.6 Å². The molecule has 0 spiro atoms. The van der Waals surface area contributed by atoms with Crippen molar-refractivity contribution in [3.8, 4) is 23.0 Å². The maximum atomic E-state index is 6.02. The van der Waals surface area contributed by atoms with Crippen molar-refractivity contribution in [1.29, 1.82) is 0 Å². The molecular formula is C24H23NO4. The molecule has 0 amide bonds. The minimum Gasteiger partial charge on any atom is -0.493 e. The maximum absolute atomic E-state index is 6.02. The second-order valence-electron chi connectivity index (χ2n) is 6.08. The molecule has 0 bridgehead atoms. The Hall–Kier alpha value is -3.73. The number of nitrogens with zero attached hydrogens (tertiary/aromatic N) is 1. The monoisotopic (exact) mass is 389 g/mol. The summed E-state index contributed by atoms with van der Waals surface area (Å²) in [4.78, 5) is 4.63. The van der Waals surface area contributed by atoms with Crippen molar-refractivity contribution in [3.63, 3.8) is 0 Å². The third-order valence-corrected chi connectivity index (χ3v) is 4.02. The first-order valence-electron chi connectivity index (χ1n) is 9.12. The third-order valence-electron chi connectivity index (χ3n) is 4.02. The van der Waals surface area contributed by atoms with Crippen LogP contribution in [-0.2, 0) is 0 Å². The number of methoxy groups -OCH3 is 2. The van der Waals surface area contributed by atoms with Crippen molar-refractivity contribution in [2.24, 2.45) is 4.99 Å². The van der Waals surface area contributed by atoms with Gasteiger partial charge in [0.1, 0.15) is 5.75 Å². The Morgan fingerprint density at radius 1 is 0.759 bits per heavy atom. The van der Waals surface area contributed by atoms with Crippen molar-refractivity contribution in [2.75, 3.05) is 14.2 Å². The van der Waals surface area contributed by atoms with E-state index in [0.29, 0.717) is 34.5 Å². The van der Waals surface area contributed by atoms with Crippen LogP contribution in [0.4, 0.5) is 5.69 Å². The van der Waals surface area contributed by atoms with Crippen molar-refractivity contribution in [3.05, 3.63) is 90.7 Å². The van der Waals surface area contributed by atoms with Gasteiger partial charge in [-0.15, -0.1) is 0 Å². The lowest BCUT2D eigenvalue weighted by Crippen LogP contribution is -2.11. The third kappa shape index (κ3) is 5.39. The number of hydrogen-bond donors (Lipinski definition) is 0. The molecule has 0 N–H and O–H groups in total. The number of aliphatic imine (C=N–C) groups is 1. The van der Waals surface area contributed by atoms with Crippen LogP contribution in [0.5, 0.6) is 23.0 Å². The van der Waals surface area contributed by atoms with Crippen molar-refractivity contribution in [2.45, 2.75) is 6.92 Å². The first-order chi connectivity index (χ1) is 14.2. The average Bonchev–Trinajstić information content (AvgIpc) is 2.78. The molecule has 0 unspecified atom stereocenters. The fourth-order valence-electron chi connectivity index (χ4n) is 2.54. The standard InChI is InChI=1S/C24H23NO4/c1-18(17-28-23-21(26-2)15-10-16-22(23)27-3)24(25-19-11-6-4-7-12-19)29-20-13-8-5-9-14-20/h4-17H,1-3H3/b18-17?,25-24+. The average molecular weight is 389 g/mol. The van der Waals surface area contributed by atoms with Crippen LogP contribution in [0, 0.1) is 0 Å². The van der Waals surface area contributed by atoms with E-state index in [0.717, 1.165) is 5.69 Å². The largest absolute Gasteiger partial charge is 0.493 e. The van der Waals surface area contributed by atoms with Gasteiger partial charge >= 0.3 is 0 Å². The van der Waals surface area contributed by atoms with E-state index >= 15 is 0 Å². The summed E-state index contributed by atoms with van der Waals surface area (Å²) in [7, 11) is 3.16. The van der Waals surface area contributed by atoms with Gasteiger partial charge in [0.05, 0.1) is 26.2 Å².